The van der Waals surface area contributed by atoms with E-state index in [0.717, 1.165) is 27.5 Å². The first-order chi connectivity index (χ1) is 7.59. The van der Waals surface area contributed by atoms with Crippen LogP contribution in [0.1, 0.15) is 22.1 Å². The molecule has 5 heteroatoms. The van der Waals surface area contributed by atoms with Gasteiger partial charge in [-0.3, -0.25) is 4.40 Å². The highest BCUT2D eigenvalue weighted by Crippen LogP contribution is 2.31. The van der Waals surface area contributed by atoms with Crippen molar-refractivity contribution in [3.05, 3.63) is 22.1 Å². The minimum Gasteiger partial charge on any atom is -0.266 e. The van der Waals surface area contributed by atoms with Crippen LogP contribution >= 0.6 is 11.3 Å². The van der Waals surface area contributed by atoms with Gasteiger partial charge >= 0.3 is 0 Å². The zero-order valence-electron chi connectivity index (χ0n) is 9.70. The third-order valence-corrected chi connectivity index (χ3v) is 4.10. The van der Waals surface area contributed by atoms with Crippen molar-refractivity contribution in [1.29, 1.82) is 0 Å². The second-order valence-electron chi connectivity index (χ2n) is 4.03. The lowest BCUT2D eigenvalue weighted by Crippen LogP contribution is -1.97. The smallest absolute Gasteiger partial charge is 0.172 e. The molecule has 0 amide bonds. The average Bonchev–Trinajstić information content (AvgIpc) is 2.71. The monoisotopic (exact) mass is 232 g/mol. The summed E-state index contributed by atoms with van der Waals surface area (Å²) in [6.07, 6.45) is 0. The summed E-state index contributed by atoms with van der Waals surface area (Å²) < 4.78 is 2.02. The van der Waals surface area contributed by atoms with E-state index in [4.69, 9.17) is 0 Å². The quantitative estimate of drug-likeness (QED) is 0.598. The molecule has 0 spiro atoms. The third kappa shape index (κ3) is 1.06. The Hall–Kier alpha value is -1.49. The molecule has 82 valence electrons. The van der Waals surface area contributed by atoms with E-state index in [1.54, 1.807) is 11.3 Å². The molecule has 0 aliphatic carbocycles. The van der Waals surface area contributed by atoms with Crippen LogP contribution in [0.4, 0.5) is 0 Å². The first-order valence-corrected chi connectivity index (χ1v) is 5.99. The number of hydrogen-bond donors (Lipinski definition) is 0. The Labute approximate surface area is 97.0 Å². The molecule has 0 radical (unpaired) electrons. The lowest BCUT2D eigenvalue weighted by Gasteiger charge is -2.01. The SMILES string of the molecule is Cc1sc2nc(C)n3c(C)nnc3c2c1C. The highest BCUT2D eigenvalue weighted by Gasteiger charge is 2.15. The van der Waals surface area contributed by atoms with Crippen molar-refractivity contribution < 1.29 is 0 Å². The standard InChI is InChI=1S/C11H12N4S/c1-5-6(2)16-11-9(5)10-14-13-8(4)15(10)7(3)12-11/h1-4H3. The molecule has 0 aromatic carbocycles. The Morgan fingerprint density at radius 1 is 1.00 bits per heavy atom. The van der Waals surface area contributed by atoms with Crippen LogP contribution in [0.5, 0.6) is 0 Å². The maximum atomic E-state index is 4.62. The lowest BCUT2D eigenvalue weighted by molar-refractivity contribution is 0.943. The second-order valence-corrected chi connectivity index (χ2v) is 5.23. The van der Waals surface area contributed by atoms with Gasteiger partial charge in [0.25, 0.3) is 0 Å². The van der Waals surface area contributed by atoms with E-state index < -0.39 is 0 Å². The summed E-state index contributed by atoms with van der Waals surface area (Å²) in [7, 11) is 0. The predicted octanol–water partition coefficient (Wildman–Crippen LogP) is 2.57. The van der Waals surface area contributed by atoms with Crippen LogP contribution in [0.2, 0.25) is 0 Å². The molecular formula is C11H12N4S. The summed E-state index contributed by atoms with van der Waals surface area (Å²) in [5.41, 5.74) is 2.20. The van der Waals surface area contributed by atoms with E-state index in [1.165, 1.54) is 10.4 Å². The molecule has 0 aliphatic heterocycles. The second kappa shape index (κ2) is 3.01. The van der Waals surface area contributed by atoms with Crippen molar-refractivity contribution in [3.63, 3.8) is 0 Å². The largest absolute Gasteiger partial charge is 0.266 e. The van der Waals surface area contributed by atoms with Crippen molar-refractivity contribution in [2.75, 3.05) is 0 Å². The van der Waals surface area contributed by atoms with Crippen LogP contribution in [0.25, 0.3) is 15.9 Å². The molecule has 0 saturated heterocycles. The molecular weight excluding hydrogens is 220 g/mol. The van der Waals surface area contributed by atoms with Crippen molar-refractivity contribution >= 4 is 27.2 Å². The van der Waals surface area contributed by atoms with Gasteiger partial charge in [0.1, 0.15) is 16.5 Å². The van der Waals surface area contributed by atoms with Crippen molar-refractivity contribution in [1.82, 2.24) is 19.6 Å². The zero-order valence-corrected chi connectivity index (χ0v) is 10.5. The molecule has 3 aromatic rings. The van der Waals surface area contributed by atoms with Crippen molar-refractivity contribution in [2.24, 2.45) is 0 Å². The van der Waals surface area contributed by atoms with Gasteiger partial charge in [0.2, 0.25) is 0 Å². The molecule has 0 atom stereocenters. The Balaban J connectivity index is 2.67. The average molecular weight is 232 g/mol. The first-order valence-electron chi connectivity index (χ1n) is 5.17. The molecule has 16 heavy (non-hydrogen) atoms. The van der Waals surface area contributed by atoms with Crippen LogP contribution in [0, 0.1) is 27.7 Å². The predicted molar refractivity (Wildman–Crippen MR) is 65.1 cm³/mol. The molecule has 0 N–H and O–H groups in total. The molecule has 0 unspecified atom stereocenters. The minimum absolute atomic E-state index is 0.894. The van der Waals surface area contributed by atoms with Crippen molar-refractivity contribution in [2.45, 2.75) is 27.7 Å². The molecule has 3 aromatic heterocycles. The van der Waals surface area contributed by atoms with Crippen LogP contribution < -0.4 is 0 Å². The number of aromatic nitrogens is 4. The summed E-state index contributed by atoms with van der Waals surface area (Å²) in [4.78, 5) is 6.98. The van der Waals surface area contributed by atoms with Gasteiger partial charge in [-0.15, -0.1) is 21.5 Å². The number of fused-ring (bicyclic) bond motifs is 3. The number of hydrogen-bond acceptors (Lipinski definition) is 4. The Morgan fingerprint density at radius 2 is 1.75 bits per heavy atom. The Kier molecular flexibility index (Phi) is 1.83. The fourth-order valence-corrected chi connectivity index (χ4v) is 3.13. The Morgan fingerprint density at radius 3 is 2.50 bits per heavy atom. The lowest BCUT2D eigenvalue weighted by atomic mass is 10.2. The fraction of sp³-hybridized carbons (Fsp3) is 0.364. The molecule has 0 aliphatic rings. The Bertz CT molecular complexity index is 708. The maximum Gasteiger partial charge on any atom is 0.172 e. The van der Waals surface area contributed by atoms with E-state index in [2.05, 4.69) is 29.0 Å². The maximum absolute atomic E-state index is 4.62. The van der Waals surface area contributed by atoms with E-state index >= 15 is 0 Å². The number of nitrogens with zero attached hydrogens (tertiary/aromatic N) is 4. The zero-order chi connectivity index (χ0) is 11.4. The van der Waals surface area contributed by atoms with Gasteiger partial charge in [-0.1, -0.05) is 0 Å². The molecule has 3 rings (SSSR count). The number of aryl methyl sites for hydroxylation is 4. The molecule has 3 heterocycles. The van der Waals surface area contributed by atoms with Gasteiger partial charge in [-0.2, -0.15) is 0 Å². The number of thiophene rings is 1. The van der Waals surface area contributed by atoms with Gasteiger partial charge in [-0.25, -0.2) is 4.98 Å². The van der Waals surface area contributed by atoms with Crippen LogP contribution in [-0.2, 0) is 0 Å². The molecule has 0 bridgehead atoms. The summed E-state index contributed by atoms with van der Waals surface area (Å²) >= 11 is 1.72. The molecule has 0 fully saturated rings. The van der Waals surface area contributed by atoms with Crippen LogP contribution in [0.15, 0.2) is 0 Å². The first kappa shape index (κ1) is 9.72. The molecule has 4 nitrogen and oxygen atoms in total. The molecule has 0 saturated carbocycles. The van der Waals surface area contributed by atoms with Gasteiger partial charge in [-0.05, 0) is 33.3 Å². The van der Waals surface area contributed by atoms with E-state index in [9.17, 15) is 0 Å². The van der Waals surface area contributed by atoms with Gasteiger partial charge < -0.3 is 0 Å². The minimum atomic E-state index is 0.894. The van der Waals surface area contributed by atoms with E-state index in [0.29, 0.717) is 0 Å². The number of rotatable bonds is 0. The van der Waals surface area contributed by atoms with Gasteiger partial charge in [0, 0.05) is 4.88 Å². The summed E-state index contributed by atoms with van der Waals surface area (Å²) in [5, 5.41) is 9.54. The summed E-state index contributed by atoms with van der Waals surface area (Å²) in [6, 6.07) is 0. The van der Waals surface area contributed by atoms with Crippen molar-refractivity contribution in [3.8, 4) is 0 Å². The van der Waals surface area contributed by atoms with Crippen LogP contribution in [0.3, 0.4) is 0 Å². The topological polar surface area (TPSA) is 43.1 Å². The fourth-order valence-electron chi connectivity index (χ4n) is 2.06. The normalized spacial score (nSPS) is 11.8. The third-order valence-electron chi connectivity index (χ3n) is 3.00. The van der Waals surface area contributed by atoms with E-state index in [1.807, 2.05) is 18.2 Å². The highest BCUT2D eigenvalue weighted by atomic mass is 32.1. The highest BCUT2D eigenvalue weighted by molar-refractivity contribution is 7.18. The van der Waals surface area contributed by atoms with E-state index in [-0.39, 0.29) is 0 Å². The summed E-state index contributed by atoms with van der Waals surface area (Å²) in [5.74, 6) is 1.84. The van der Waals surface area contributed by atoms with Gasteiger partial charge in [0.15, 0.2) is 5.65 Å². The van der Waals surface area contributed by atoms with Gasteiger partial charge in [0.05, 0.1) is 5.39 Å². The van der Waals surface area contributed by atoms with Crippen LogP contribution in [-0.4, -0.2) is 19.6 Å². The summed E-state index contributed by atoms with van der Waals surface area (Å²) in [6.45, 7) is 8.19.